The third-order valence-electron chi connectivity index (χ3n) is 1.22. The zero-order valence-corrected chi connectivity index (χ0v) is 8.44. The zero-order valence-electron chi connectivity index (χ0n) is 7.68. The molecule has 0 aliphatic heterocycles. The predicted molar refractivity (Wildman–Crippen MR) is 45.9 cm³/mol. The molecule has 0 radical (unpaired) electrons. The minimum Gasteiger partial charge on any atom is -0.453 e. The number of halogens is 1. The van der Waals surface area contributed by atoms with Crippen molar-refractivity contribution in [1.82, 2.24) is 0 Å². The monoisotopic (exact) mass is 192 g/mol. The van der Waals surface area contributed by atoms with Crippen molar-refractivity contribution in [3.63, 3.8) is 0 Å². The summed E-state index contributed by atoms with van der Waals surface area (Å²) in [4.78, 5) is 21.6. The summed E-state index contributed by atoms with van der Waals surface area (Å²) in [5.41, 5.74) is -0.597. The van der Waals surface area contributed by atoms with Crippen molar-refractivity contribution < 1.29 is 14.3 Å². The lowest BCUT2D eigenvalue weighted by Gasteiger charge is -2.18. The van der Waals surface area contributed by atoms with Crippen LogP contribution in [0.1, 0.15) is 27.7 Å². The second-order valence-electron chi connectivity index (χ2n) is 3.60. The van der Waals surface area contributed by atoms with E-state index in [2.05, 4.69) is 0 Å². The first-order valence-electron chi connectivity index (χ1n) is 3.65. The van der Waals surface area contributed by atoms with Crippen molar-refractivity contribution in [2.45, 2.75) is 33.8 Å². The highest BCUT2D eigenvalue weighted by atomic mass is 35.5. The normalized spacial score (nSPS) is 13.8. The molecule has 4 heteroatoms. The van der Waals surface area contributed by atoms with Gasteiger partial charge in [-0.05, 0) is 39.3 Å². The molecule has 1 atom stereocenters. The Morgan fingerprint density at radius 1 is 1.33 bits per heavy atom. The molecule has 0 aliphatic rings. The van der Waals surface area contributed by atoms with E-state index in [9.17, 15) is 9.59 Å². The highest BCUT2D eigenvalue weighted by Gasteiger charge is 2.26. The summed E-state index contributed by atoms with van der Waals surface area (Å²) in [6.45, 7) is 6.57. The maximum atomic E-state index is 11.1. The van der Waals surface area contributed by atoms with E-state index < -0.39 is 22.7 Å². The second kappa shape index (κ2) is 3.90. The highest BCUT2D eigenvalue weighted by Crippen LogP contribution is 2.16. The van der Waals surface area contributed by atoms with E-state index in [0.717, 1.165) is 0 Å². The van der Waals surface area contributed by atoms with Crippen LogP contribution in [0.4, 0.5) is 0 Å². The number of hydrogen-bond donors (Lipinski definition) is 0. The lowest BCUT2D eigenvalue weighted by atomic mass is 9.97. The highest BCUT2D eigenvalue weighted by molar-refractivity contribution is 6.64. The quantitative estimate of drug-likeness (QED) is 0.494. The average Bonchev–Trinajstić information content (AvgIpc) is 1.85. The van der Waals surface area contributed by atoms with Gasteiger partial charge in [0.1, 0.15) is 0 Å². The number of esters is 1. The van der Waals surface area contributed by atoms with Crippen LogP contribution in [0.5, 0.6) is 0 Å². The van der Waals surface area contributed by atoms with Crippen molar-refractivity contribution in [3.05, 3.63) is 0 Å². The second-order valence-corrected chi connectivity index (χ2v) is 3.97. The Bertz CT molecular complexity index is 193. The first-order valence-corrected chi connectivity index (χ1v) is 4.03. The Kier molecular flexibility index (Phi) is 3.71. The summed E-state index contributed by atoms with van der Waals surface area (Å²) in [6, 6.07) is 0. The van der Waals surface area contributed by atoms with Crippen LogP contribution in [0.25, 0.3) is 0 Å². The van der Waals surface area contributed by atoms with Gasteiger partial charge in [0.2, 0.25) is 0 Å². The van der Waals surface area contributed by atoms with Crippen molar-refractivity contribution in [3.8, 4) is 0 Å². The van der Waals surface area contributed by atoms with Gasteiger partial charge in [-0.15, -0.1) is 0 Å². The largest absolute Gasteiger partial charge is 0.453 e. The number of carbonyl (C=O) groups excluding carboxylic acids is 2. The maximum absolute atomic E-state index is 11.1. The molecule has 0 aromatic carbocycles. The standard InChI is InChI=1S/C8H13ClO3/c1-5(6(9)10)12-7(11)8(2,3)4/h5H,1-4H3/t5-/m0/s1. The van der Waals surface area contributed by atoms with Gasteiger partial charge in [-0.2, -0.15) is 0 Å². The molecular formula is C8H13ClO3. The summed E-state index contributed by atoms with van der Waals surface area (Å²) in [7, 11) is 0. The van der Waals surface area contributed by atoms with Crippen LogP contribution in [0.3, 0.4) is 0 Å². The Hall–Kier alpha value is -0.570. The molecule has 0 fully saturated rings. The van der Waals surface area contributed by atoms with Crippen LogP contribution in [-0.4, -0.2) is 17.3 Å². The third-order valence-corrected chi connectivity index (χ3v) is 1.52. The van der Waals surface area contributed by atoms with Gasteiger partial charge in [-0.3, -0.25) is 9.59 Å². The van der Waals surface area contributed by atoms with E-state index in [4.69, 9.17) is 16.3 Å². The van der Waals surface area contributed by atoms with E-state index in [1.807, 2.05) is 0 Å². The number of ether oxygens (including phenoxy) is 1. The Morgan fingerprint density at radius 2 is 1.75 bits per heavy atom. The molecule has 0 aromatic rings. The van der Waals surface area contributed by atoms with Crippen molar-refractivity contribution in [1.29, 1.82) is 0 Å². The first-order chi connectivity index (χ1) is 5.25. The van der Waals surface area contributed by atoms with Gasteiger partial charge >= 0.3 is 5.97 Å². The van der Waals surface area contributed by atoms with Crippen LogP contribution >= 0.6 is 11.6 Å². The van der Waals surface area contributed by atoms with Gasteiger partial charge in [-0.25, -0.2) is 0 Å². The molecule has 12 heavy (non-hydrogen) atoms. The summed E-state index contributed by atoms with van der Waals surface area (Å²) in [5.74, 6) is -0.427. The van der Waals surface area contributed by atoms with Gasteiger partial charge in [-0.1, -0.05) is 0 Å². The molecule has 0 N–H and O–H groups in total. The molecule has 0 rings (SSSR count). The molecule has 0 heterocycles. The lowest BCUT2D eigenvalue weighted by Crippen LogP contribution is -2.29. The fraction of sp³-hybridized carbons (Fsp3) is 0.750. The fourth-order valence-electron chi connectivity index (χ4n) is 0.384. The van der Waals surface area contributed by atoms with Gasteiger partial charge in [0.15, 0.2) is 6.10 Å². The van der Waals surface area contributed by atoms with E-state index in [1.165, 1.54) is 6.92 Å². The molecule has 0 saturated heterocycles. The molecule has 0 amide bonds. The van der Waals surface area contributed by atoms with Crippen LogP contribution in [-0.2, 0) is 14.3 Å². The van der Waals surface area contributed by atoms with Crippen molar-refractivity contribution >= 4 is 22.8 Å². The average molecular weight is 193 g/mol. The summed E-state index contributed by atoms with van der Waals surface area (Å²) in [5, 5.41) is -0.660. The Morgan fingerprint density at radius 3 is 2.00 bits per heavy atom. The molecule has 0 saturated carbocycles. The SMILES string of the molecule is C[C@H](OC(=O)C(C)(C)C)C(=O)Cl. The smallest absolute Gasteiger partial charge is 0.311 e. The minimum atomic E-state index is -0.863. The molecular weight excluding hydrogens is 180 g/mol. The van der Waals surface area contributed by atoms with Gasteiger partial charge in [0.05, 0.1) is 5.41 Å². The van der Waals surface area contributed by atoms with Gasteiger partial charge in [0, 0.05) is 0 Å². The van der Waals surface area contributed by atoms with Crippen LogP contribution in [0.2, 0.25) is 0 Å². The van der Waals surface area contributed by atoms with E-state index in [0.29, 0.717) is 0 Å². The minimum absolute atomic E-state index is 0.427. The summed E-state index contributed by atoms with van der Waals surface area (Å²) < 4.78 is 4.76. The Labute approximate surface area is 77.0 Å². The number of hydrogen-bond acceptors (Lipinski definition) is 3. The predicted octanol–water partition coefficient (Wildman–Crippen LogP) is 1.73. The van der Waals surface area contributed by atoms with Crippen LogP contribution < -0.4 is 0 Å². The molecule has 0 bridgehead atoms. The third kappa shape index (κ3) is 3.72. The van der Waals surface area contributed by atoms with Crippen molar-refractivity contribution in [2.75, 3.05) is 0 Å². The van der Waals surface area contributed by atoms with Crippen molar-refractivity contribution in [2.24, 2.45) is 5.41 Å². The number of rotatable bonds is 2. The lowest BCUT2D eigenvalue weighted by molar-refractivity contribution is -0.160. The maximum Gasteiger partial charge on any atom is 0.311 e. The van der Waals surface area contributed by atoms with Crippen LogP contribution in [0.15, 0.2) is 0 Å². The molecule has 3 nitrogen and oxygen atoms in total. The van der Waals surface area contributed by atoms with Crippen LogP contribution in [0, 0.1) is 5.41 Å². The van der Waals surface area contributed by atoms with E-state index in [-0.39, 0.29) is 0 Å². The summed E-state index contributed by atoms with van der Waals surface area (Å²) >= 11 is 5.11. The molecule has 0 unspecified atom stereocenters. The number of carbonyl (C=O) groups is 2. The van der Waals surface area contributed by atoms with E-state index in [1.54, 1.807) is 20.8 Å². The Balaban J connectivity index is 4.11. The first kappa shape index (κ1) is 11.4. The molecule has 70 valence electrons. The van der Waals surface area contributed by atoms with Gasteiger partial charge < -0.3 is 4.74 Å². The zero-order chi connectivity index (χ0) is 9.94. The molecule has 0 aliphatic carbocycles. The summed E-state index contributed by atoms with van der Waals surface area (Å²) in [6.07, 6.45) is -0.863. The van der Waals surface area contributed by atoms with E-state index >= 15 is 0 Å². The van der Waals surface area contributed by atoms with Gasteiger partial charge in [0.25, 0.3) is 5.24 Å². The topological polar surface area (TPSA) is 43.4 Å². The molecule has 0 spiro atoms. The molecule has 0 aromatic heterocycles. The fourth-order valence-corrected chi connectivity index (χ4v) is 0.428.